The van der Waals surface area contributed by atoms with Gasteiger partial charge in [0, 0.05) is 0 Å². The summed E-state index contributed by atoms with van der Waals surface area (Å²) < 4.78 is 7.84. The molecule has 0 radical (unpaired) electrons. The molecule has 1 saturated carbocycles. The lowest BCUT2D eigenvalue weighted by atomic mass is 10.2. The second-order valence-electron chi connectivity index (χ2n) is 5.01. The van der Waals surface area contributed by atoms with Gasteiger partial charge in [-0.05, 0) is 31.9 Å². The van der Waals surface area contributed by atoms with Crippen molar-refractivity contribution in [3.05, 3.63) is 42.2 Å². The lowest BCUT2D eigenvalue weighted by molar-refractivity contribution is 0.456. The van der Waals surface area contributed by atoms with Crippen LogP contribution < -0.4 is 4.74 Å². The number of benzene rings is 1. The molecule has 0 unspecified atom stereocenters. The zero-order valence-electron chi connectivity index (χ0n) is 10.7. The third-order valence-electron chi connectivity index (χ3n) is 3.53. The molecular weight excluding hydrogens is 224 g/mol. The maximum atomic E-state index is 5.79. The van der Waals surface area contributed by atoms with Crippen LogP contribution in [0.4, 0.5) is 0 Å². The smallest absolute Gasteiger partial charge is 0.165 e. The molecule has 3 rings (SSSR count). The average Bonchev–Trinajstić information content (AvgIpc) is 3.02. The Kier molecular flexibility index (Phi) is 3.05. The third-order valence-corrected chi connectivity index (χ3v) is 3.53. The van der Waals surface area contributed by atoms with Crippen LogP contribution >= 0.6 is 0 Å². The first-order valence-corrected chi connectivity index (χ1v) is 6.60. The predicted molar refractivity (Wildman–Crippen MR) is 71.0 cm³/mol. The summed E-state index contributed by atoms with van der Waals surface area (Å²) in [5.74, 6) is 1.69. The fraction of sp³-hybridized carbons (Fsp3) is 0.400. The maximum absolute atomic E-state index is 5.79. The van der Waals surface area contributed by atoms with Crippen molar-refractivity contribution in [3.8, 4) is 11.5 Å². The molecular formula is C15H18N2O. The van der Waals surface area contributed by atoms with Crippen LogP contribution in [0.5, 0.6) is 11.5 Å². The van der Waals surface area contributed by atoms with E-state index >= 15 is 0 Å². The van der Waals surface area contributed by atoms with Crippen LogP contribution in [-0.2, 0) is 0 Å². The summed E-state index contributed by atoms with van der Waals surface area (Å²) in [6.45, 7) is 2.07. The molecule has 1 aromatic heterocycles. The largest absolute Gasteiger partial charge is 0.454 e. The Bertz CT molecular complexity index is 510. The summed E-state index contributed by atoms with van der Waals surface area (Å²) in [4.78, 5) is 0. The van der Waals surface area contributed by atoms with Crippen molar-refractivity contribution in [1.82, 2.24) is 9.78 Å². The van der Waals surface area contributed by atoms with Gasteiger partial charge in [0.15, 0.2) is 5.75 Å². The van der Waals surface area contributed by atoms with Gasteiger partial charge in [0.1, 0.15) is 5.75 Å². The van der Waals surface area contributed by atoms with Gasteiger partial charge in [0.05, 0.1) is 18.4 Å². The van der Waals surface area contributed by atoms with Gasteiger partial charge in [-0.1, -0.05) is 30.5 Å². The lowest BCUT2D eigenvalue weighted by Crippen LogP contribution is -2.04. The predicted octanol–water partition coefficient (Wildman–Crippen LogP) is 4.10. The molecule has 0 N–H and O–H groups in total. The highest BCUT2D eigenvalue weighted by atomic mass is 16.5. The van der Waals surface area contributed by atoms with Crippen molar-refractivity contribution >= 4 is 0 Å². The van der Waals surface area contributed by atoms with Gasteiger partial charge < -0.3 is 4.74 Å². The Morgan fingerprint density at radius 2 is 1.83 bits per heavy atom. The van der Waals surface area contributed by atoms with Crippen LogP contribution in [0.1, 0.15) is 37.3 Å². The monoisotopic (exact) mass is 242 g/mol. The van der Waals surface area contributed by atoms with Crippen LogP contribution in [0.25, 0.3) is 0 Å². The van der Waals surface area contributed by atoms with Crippen molar-refractivity contribution < 1.29 is 4.74 Å². The molecule has 1 fully saturated rings. The Labute approximate surface area is 107 Å². The topological polar surface area (TPSA) is 27.1 Å². The molecule has 3 nitrogen and oxygen atoms in total. The van der Waals surface area contributed by atoms with Crippen LogP contribution in [0, 0.1) is 6.92 Å². The van der Waals surface area contributed by atoms with E-state index < -0.39 is 0 Å². The fourth-order valence-corrected chi connectivity index (χ4v) is 2.48. The van der Waals surface area contributed by atoms with E-state index in [1.54, 1.807) is 6.20 Å². The van der Waals surface area contributed by atoms with E-state index in [0.29, 0.717) is 6.04 Å². The van der Waals surface area contributed by atoms with Crippen LogP contribution in [0.15, 0.2) is 36.7 Å². The molecule has 0 amide bonds. The van der Waals surface area contributed by atoms with E-state index in [4.69, 9.17) is 4.74 Å². The molecule has 1 aliphatic rings. The molecule has 94 valence electrons. The summed E-state index contributed by atoms with van der Waals surface area (Å²) in [6, 6.07) is 8.65. The normalized spacial score (nSPS) is 16.1. The van der Waals surface area contributed by atoms with E-state index in [2.05, 4.69) is 28.8 Å². The molecule has 0 spiro atoms. The highest BCUT2D eigenvalue weighted by Gasteiger charge is 2.17. The van der Waals surface area contributed by atoms with Gasteiger partial charge in [-0.3, -0.25) is 4.68 Å². The summed E-state index contributed by atoms with van der Waals surface area (Å²) >= 11 is 0. The molecule has 1 aliphatic carbocycles. The van der Waals surface area contributed by atoms with Gasteiger partial charge in [-0.2, -0.15) is 5.10 Å². The van der Waals surface area contributed by atoms with E-state index in [0.717, 1.165) is 11.5 Å². The third kappa shape index (κ3) is 2.40. The molecule has 1 aromatic carbocycles. The fourth-order valence-electron chi connectivity index (χ4n) is 2.48. The van der Waals surface area contributed by atoms with Crippen molar-refractivity contribution in [3.63, 3.8) is 0 Å². The minimum atomic E-state index is 0.570. The molecule has 0 aliphatic heterocycles. The van der Waals surface area contributed by atoms with Crippen LogP contribution in [-0.4, -0.2) is 9.78 Å². The highest BCUT2D eigenvalue weighted by molar-refractivity contribution is 5.30. The number of ether oxygens (including phenoxy) is 1. The van der Waals surface area contributed by atoms with E-state index in [9.17, 15) is 0 Å². The number of aromatic nitrogens is 2. The summed E-state index contributed by atoms with van der Waals surface area (Å²) in [7, 11) is 0. The number of nitrogens with zero attached hydrogens (tertiary/aromatic N) is 2. The summed E-state index contributed by atoms with van der Waals surface area (Å²) in [5.41, 5.74) is 1.24. The zero-order valence-corrected chi connectivity index (χ0v) is 10.7. The molecule has 1 heterocycles. The number of hydrogen-bond acceptors (Lipinski definition) is 2. The van der Waals surface area contributed by atoms with Gasteiger partial charge in [0.2, 0.25) is 0 Å². The van der Waals surface area contributed by atoms with Crippen molar-refractivity contribution in [1.29, 1.82) is 0 Å². The molecule has 3 heteroatoms. The first-order chi connectivity index (χ1) is 8.81. The van der Waals surface area contributed by atoms with Crippen LogP contribution in [0.2, 0.25) is 0 Å². The molecule has 0 bridgehead atoms. The van der Waals surface area contributed by atoms with E-state index in [1.165, 1.54) is 31.2 Å². The minimum Gasteiger partial charge on any atom is -0.454 e. The highest BCUT2D eigenvalue weighted by Crippen LogP contribution is 2.30. The average molecular weight is 242 g/mol. The number of aryl methyl sites for hydroxylation is 1. The Balaban J connectivity index is 1.71. The summed E-state index contributed by atoms with van der Waals surface area (Å²) in [6.07, 6.45) is 8.93. The van der Waals surface area contributed by atoms with Crippen molar-refractivity contribution in [2.45, 2.75) is 38.6 Å². The number of hydrogen-bond donors (Lipinski definition) is 0. The van der Waals surface area contributed by atoms with E-state index in [-0.39, 0.29) is 0 Å². The van der Waals surface area contributed by atoms with Gasteiger partial charge in [0.25, 0.3) is 0 Å². The second-order valence-corrected chi connectivity index (χ2v) is 5.01. The maximum Gasteiger partial charge on any atom is 0.165 e. The van der Waals surface area contributed by atoms with Gasteiger partial charge in [-0.25, -0.2) is 0 Å². The van der Waals surface area contributed by atoms with Crippen LogP contribution in [0.3, 0.4) is 0 Å². The first-order valence-electron chi connectivity index (χ1n) is 6.60. The standard InChI is InChI=1S/C15H18N2O/c1-12-6-8-14(9-7-12)18-15-10-16-17(11-15)13-4-2-3-5-13/h6-11,13H,2-5H2,1H3. The Morgan fingerprint density at radius 3 is 2.56 bits per heavy atom. The lowest BCUT2D eigenvalue weighted by Gasteiger charge is -2.08. The van der Waals surface area contributed by atoms with Gasteiger partial charge >= 0.3 is 0 Å². The molecule has 0 saturated heterocycles. The number of rotatable bonds is 3. The molecule has 18 heavy (non-hydrogen) atoms. The first kappa shape index (κ1) is 11.3. The molecule has 2 aromatic rings. The minimum absolute atomic E-state index is 0.570. The Hall–Kier alpha value is -1.77. The van der Waals surface area contributed by atoms with E-state index in [1.807, 2.05) is 18.3 Å². The van der Waals surface area contributed by atoms with Crippen molar-refractivity contribution in [2.24, 2.45) is 0 Å². The summed E-state index contributed by atoms with van der Waals surface area (Å²) in [5, 5.41) is 4.40. The quantitative estimate of drug-likeness (QED) is 0.810. The Morgan fingerprint density at radius 1 is 1.11 bits per heavy atom. The van der Waals surface area contributed by atoms with Crippen molar-refractivity contribution in [2.75, 3.05) is 0 Å². The van der Waals surface area contributed by atoms with Gasteiger partial charge in [-0.15, -0.1) is 0 Å². The molecule has 0 atom stereocenters. The SMILES string of the molecule is Cc1ccc(Oc2cnn(C3CCCC3)c2)cc1. The zero-order chi connectivity index (χ0) is 12.4. The second kappa shape index (κ2) is 4.84.